The minimum Gasteiger partial charge on any atom is -0.508 e. The quantitative estimate of drug-likeness (QED) is 0.489. The third-order valence-corrected chi connectivity index (χ3v) is 6.10. The smallest absolute Gasteiger partial charge is 0.127 e. The standard InChI is InChI=1S/C16H15NO2.C12H16FNO/c1-10-14-8-13(18)5-6-16(14)19-9-15(10)11-3-2-4-12(17)7-11;13-8-11-9-14(10-11)6-7-15-12-4-2-1-3-5-12/h2-8,18H,9,17H2,1H3;1-5,11H,6-10H2. The van der Waals surface area contributed by atoms with E-state index in [1.165, 1.54) is 0 Å². The molecule has 3 aromatic rings. The first-order valence-corrected chi connectivity index (χ1v) is 11.5. The predicted molar refractivity (Wildman–Crippen MR) is 135 cm³/mol. The largest absolute Gasteiger partial charge is 0.508 e. The van der Waals surface area contributed by atoms with Gasteiger partial charge < -0.3 is 20.3 Å². The second kappa shape index (κ2) is 11.1. The molecule has 2 heterocycles. The van der Waals surface area contributed by atoms with Crippen molar-refractivity contribution < 1.29 is 19.0 Å². The summed E-state index contributed by atoms with van der Waals surface area (Å²) in [6, 6.07) is 22.7. The summed E-state index contributed by atoms with van der Waals surface area (Å²) < 4.78 is 23.4. The maximum atomic E-state index is 12.1. The molecule has 1 fully saturated rings. The monoisotopic (exact) mass is 462 g/mol. The number of anilines is 1. The number of nitrogen functional groups attached to an aromatic ring is 1. The van der Waals surface area contributed by atoms with E-state index in [9.17, 15) is 9.50 Å². The number of allylic oxidation sites excluding steroid dienone is 1. The third kappa shape index (κ3) is 5.88. The normalized spacial score (nSPS) is 15.5. The molecule has 3 aromatic carbocycles. The first kappa shape index (κ1) is 23.6. The molecule has 3 N–H and O–H groups in total. The fraction of sp³-hybridized carbons (Fsp3) is 0.286. The summed E-state index contributed by atoms with van der Waals surface area (Å²) >= 11 is 0. The van der Waals surface area contributed by atoms with Crippen molar-refractivity contribution >= 4 is 16.8 Å². The van der Waals surface area contributed by atoms with Gasteiger partial charge in [0.1, 0.15) is 30.5 Å². The summed E-state index contributed by atoms with van der Waals surface area (Å²) in [4.78, 5) is 2.22. The Bertz CT molecular complexity index is 1130. The van der Waals surface area contributed by atoms with Gasteiger partial charge in [-0.15, -0.1) is 0 Å². The van der Waals surface area contributed by atoms with Crippen LogP contribution in [0.2, 0.25) is 0 Å². The van der Waals surface area contributed by atoms with Crippen molar-refractivity contribution in [1.29, 1.82) is 0 Å². The molecule has 0 atom stereocenters. The Morgan fingerprint density at radius 2 is 1.85 bits per heavy atom. The number of fused-ring (bicyclic) bond motifs is 1. The van der Waals surface area contributed by atoms with E-state index in [2.05, 4.69) is 4.90 Å². The van der Waals surface area contributed by atoms with Gasteiger partial charge in [0.2, 0.25) is 0 Å². The molecule has 0 aromatic heterocycles. The van der Waals surface area contributed by atoms with E-state index in [0.29, 0.717) is 13.2 Å². The van der Waals surface area contributed by atoms with Crippen LogP contribution < -0.4 is 15.2 Å². The van der Waals surface area contributed by atoms with Gasteiger partial charge in [-0.2, -0.15) is 0 Å². The van der Waals surface area contributed by atoms with Crippen molar-refractivity contribution in [3.63, 3.8) is 0 Å². The number of hydrogen-bond donors (Lipinski definition) is 2. The Kier molecular flexibility index (Phi) is 7.70. The number of benzene rings is 3. The number of phenols is 1. The Balaban J connectivity index is 0.000000166. The molecule has 0 unspecified atom stereocenters. The van der Waals surface area contributed by atoms with Crippen LogP contribution in [-0.4, -0.2) is 49.5 Å². The number of alkyl halides is 1. The topological polar surface area (TPSA) is 68.0 Å². The number of ether oxygens (including phenoxy) is 2. The average molecular weight is 463 g/mol. The maximum Gasteiger partial charge on any atom is 0.127 e. The van der Waals surface area contributed by atoms with E-state index >= 15 is 0 Å². The van der Waals surface area contributed by atoms with Gasteiger partial charge in [-0.1, -0.05) is 30.3 Å². The molecule has 0 aliphatic carbocycles. The number of nitrogens with zero attached hydrogens (tertiary/aromatic N) is 1. The van der Waals surface area contributed by atoms with Gasteiger partial charge in [0, 0.05) is 42.4 Å². The Morgan fingerprint density at radius 3 is 2.59 bits per heavy atom. The van der Waals surface area contributed by atoms with Gasteiger partial charge in [-0.25, -0.2) is 0 Å². The number of nitrogens with two attached hydrogens (primary N) is 1. The van der Waals surface area contributed by atoms with Crippen molar-refractivity contribution in [2.75, 3.05) is 45.3 Å². The zero-order valence-electron chi connectivity index (χ0n) is 19.4. The van der Waals surface area contributed by atoms with Gasteiger partial charge in [-0.05, 0) is 60.5 Å². The van der Waals surface area contributed by atoms with Crippen molar-refractivity contribution in [2.24, 2.45) is 5.92 Å². The fourth-order valence-electron chi connectivity index (χ4n) is 4.15. The van der Waals surface area contributed by atoms with Crippen molar-refractivity contribution in [1.82, 2.24) is 4.90 Å². The van der Waals surface area contributed by atoms with Gasteiger partial charge in [0.05, 0.1) is 6.67 Å². The highest BCUT2D eigenvalue weighted by molar-refractivity contribution is 5.94. The molecule has 2 aliphatic heterocycles. The molecule has 0 bridgehead atoms. The lowest BCUT2D eigenvalue weighted by atomic mass is 9.93. The highest BCUT2D eigenvalue weighted by atomic mass is 19.1. The van der Waals surface area contributed by atoms with Crippen LogP contribution in [0.4, 0.5) is 10.1 Å². The molecule has 34 heavy (non-hydrogen) atoms. The second-order valence-corrected chi connectivity index (χ2v) is 8.64. The van der Waals surface area contributed by atoms with Crippen LogP contribution in [-0.2, 0) is 0 Å². The Hall–Kier alpha value is -3.51. The summed E-state index contributed by atoms with van der Waals surface area (Å²) in [6.45, 7) is 5.72. The number of rotatable bonds is 6. The second-order valence-electron chi connectivity index (χ2n) is 8.64. The first-order valence-electron chi connectivity index (χ1n) is 11.5. The lowest BCUT2D eigenvalue weighted by Crippen LogP contribution is -2.49. The predicted octanol–water partition coefficient (Wildman–Crippen LogP) is 5.26. The molecule has 5 rings (SSSR count). The number of aromatic hydroxyl groups is 1. The summed E-state index contributed by atoms with van der Waals surface area (Å²) in [5, 5.41) is 9.61. The Labute approximate surface area is 200 Å². The van der Waals surface area contributed by atoms with E-state index in [0.717, 1.165) is 59.1 Å². The molecule has 0 radical (unpaired) electrons. The highest BCUT2D eigenvalue weighted by Gasteiger charge is 2.25. The molecule has 1 saturated heterocycles. The van der Waals surface area contributed by atoms with Crippen LogP contribution in [0.5, 0.6) is 17.2 Å². The SMILES string of the molecule is CC1=C(c2cccc(N)c2)COc2ccc(O)cc21.FCC1CN(CCOc2ccccc2)C1. The van der Waals surface area contributed by atoms with Crippen LogP contribution in [0.3, 0.4) is 0 Å². The van der Waals surface area contributed by atoms with Crippen molar-refractivity contribution in [3.8, 4) is 17.2 Å². The number of para-hydroxylation sites is 1. The number of halogens is 1. The van der Waals surface area contributed by atoms with Gasteiger partial charge in [0.15, 0.2) is 0 Å². The zero-order valence-corrected chi connectivity index (χ0v) is 19.4. The summed E-state index contributed by atoms with van der Waals surface area (Å²) in [7, 11) is 0. The summed E-state index contributed by atoms with van der Waals surface area (Å²) in [5.74, 6) is 2.22. The van der Waals surface area contributed by atoms with E-state index in [4.69, 9.17) is 15.2 Å². The molecule has 0 amide bonds. The maximum absolute atomic E-state index is 12.1. The van der Waals surface area contributed by atoms with E-state index in [1.807, 2.05) is 61.5 Å². The third-order valence-electron chi connectivity index (χ3n) is 6.10. The summed E-state index contributed by atoms with van der Waals surface area (Å²) in [6.07, 6.45) is 0. The van der Waals surface area contributed by atoms with Crippen LogP contribution in [0.25, 0.3) is 11.1 Å². The molecular weight excluding hydrogens is 431 g/mol. The Morgan fingerprint density at radius 1 is 1.06 bits per heavy atom. The molecule has 178 valence electrons. The van der Waals surface area contributed by atoms with Gasteiger partial charge >= 0.3 is 0 Å². The molecule has 2 aliphatic rings. The van der Waals surface area contributed by atoms with Crippen LogP contribution >= 0.6 is 0 Å². The summed E-state index contributed by atoms with van der Waals surface area (Å²) in [5.41, 5.74) is 10.8. The molecule has 5 nitrogen and oxygen atoms in total. The van der Waals surface area contributed by atoms with Gasteiger partial charge in [-0.3, -0.25) is 9.29 Å². The number of hydrogen-bond acceptors (Lipinski definition) is 5. The molecule has 0 spiro atoms. The minimum absolute atomic E-state index is 0.184. The molecule has 6 heteroatoms. The lowest BCUT2D eigenvalue weighted by molar-refractivity contribution is 0.0668. The fourth-order valence-corrected chi connectivity index (χ4v) is 4.15. The number of phenolic OH excluding ortho intramolecular Hbond substituents is 1. The lowest BCUT2D eigenvalue weighted by Gasteiger charge is -2.37. The molecule has 0 saturated carbocycles. The van der Waals surface area contributed by atoms with E-state index in [1.54, 1.807) is 18.2 Å². The average Bonchev–Trinajstić information content (AvgIpc) is 2.82. The first-order chi connectivity index (χ1) is 16.5. The van der Waals surface area contributed by atoms with Crippen LogP contribution in [0.1, 0.15) is 18.1 Å². The van der Waals surface area contributed by atoms with E-state index in [-0.39, 0.29) is 18.3 Å². The van der Waals surface area contributed by atoms with Gasteiger partial charge in [0.25, 0.3) is 0 Å². The number of likely N-dealkylation sites (tertiary alicyclic amines) is 1. The van der Waals surface area contributed by atoms with Crippen molar-refractivity contribution in [2.45, 2.75) is 6.92 Å². The molecular formula is C28H31FN2O3. The van der Waals surface area contributed by atoms with E-state index < -0.39 is 0 Å². The highest BCUT2D eigenvalue weighted by Crippen LogP contribution is 2.38. The minimum atomic E-state index is -0.184. The van der Waals surface area contributed by atoms with Crippen LogP contribution in [0.15, 0.2) is 72.8 Å². The van der Waals surface area contributed by atoms with Crippen LogP contribution in [0, 0.1) is 5.92 Å². The van der Waals surface area contributed by atoms with Crippen molar-refractivity contribution in [3.05, 3.63) is 83.9 Å². The zero-order chi connectivity index (χ0) is 23.9.